The van der Waals surface area contributed by atoms with Crippen LogP contribution >= 0.6 is 0 Å². The third-order valence-corrected chi connectivity index (χ3v) is 5.54. The molecule has 0 amide bonds. The number of ketones is 1. The predicted molar refractivity (Wildman–Crippen MR) is 114 cm³/mol. The van der Waals surface area contributed by atoms with Crippen LogP contribution in [0.1, 0.15) is 27.4 Å². The van der Waals surface area contributed by atoms with Crippen molar-refractivity contribution in [2.45, 2.75) is 5.92 Å². The highest BCUT2D eigenvalue weighted by molar-refractivity contribution is 6.11. The van der Waals surface area contributed by atoms with Crippen LogP contribution in [-0.4, -0.2) is 29.7 Å². The Kier molecular flexibility index (Phi) is 5.03. The lowest BCUT2D eigenvalue weighted by molar-refractivity contribution is -0.505. The highest BCUT2D eigenvalue weighted by atomic mass is 16.1. The molecule has 0 spiro atoms. The van der Waals surface area contributed by atoms with E-state index in [-0.39, 0.29) is 17.6 Å². The zero-order chi connectivity index (χ0) is 19.5. The molecule has 1 heterocycles. The Morgan fingerprint density at radius 2 is 1.39 bits per heavy atom. The maximum atomic E-state index is 13.4. The molecule has 0 radical (unpaired) electrons. The zero-order valence-electron chi connectivity index (χ0n) is 16.1. The fourth-order valence-electron chi connectivity index (χ4n) is 4.27. The Morgan fingerprint density at radius 3 is 2.00 bits per heavy atom. The van der Waals surface area contributed by atoms with Crippen molar-refractivity contribution in [1.29, 1.82) is 0 Å². The third-order valence-electron chi connectivity index (χ3n) is 5.54. The van der Waals surface area contributed by atoms with Crippen LogP contribution in [0.3, 0.4) is 0 Å². The summed E-state index contributed by atoms with van der Waals surface area (Å²) in [6, 6.07) is 30.2. The minimum absolute atomic E-state index is 0.0414. The minimum Gasteiger partial charge on any atom is -0.294 e. The van der Waals surface area contributed by atoms with Gasteiger partial charge in [0.1, 0.15) is 7.05 Å². The van der Waals surface area contributed by atoms with Gasteiger partial charge < -0.3 is 0 Å². The van der Waals surface area contributed by atoms with Crippen molar-refractivity contribution >= 4 is 11.5 Å². The lowest BCUT2D eigenvalue weighted by atomic mass is 9.73. The quantitative estimate of drug-likeness (QED) is 0.471. The lowest BCUT2D eigenvalue weighted by Crippen LogP contribution is -2.41. The summed E-state index contributed by atoms with van der Waals surface area (Å²) in [6.45, 7) is 5.14. The van der Waals surface area contributed by atoms with Crippen LogP contribution in [-0.2, 0) is 0 Å². The van der Waals surface area contributed by atoms with Gasteiger partial charge in [0.2, 0.25) is 5.71 Å². The normalized spacial score (nSPS) is 19.5. The van der Waals surface area contributed by atoms with Crippen molar-refractivity contribution in [2.24, 2.45) is 5.92 Å². The minimum atomic E-state index is -0.172. The molecule has 3 aromatic rings. The summed E-state index contributed by atoms with van der Waals surface area (Å²) in [7, 11) is 2.06. The molecular formula is C26H24NO+. The largest absolute Gasteiger partial charge is 0.294 e. The Labute approximate surface area is 166 Å². The maximum Gasteiger partial charge on any atom is 0.210 e. The second-order valence-corrected chi connectivity index (χ2v) is 7.35. The molecule has 1 aliphatic heterocycles. The summed E-state index contributed by atoms with van der Waals surface area (Å²) in [5, 5.41) is 0. The number of allylic oxidation sites excluding steroid dienone is 1. The van der Waals surface area contributed by atoms with E-state index in [1.54, 1.807) is 0 Å². The van der Waals surface area contributed by atoms with E-state index in [2.05, 4.69) is 42.5 Å². The average Bonchev–Trinajstić information content (AvgIpc) is 2.75. The first-order valence-corrected chi connectivity index (χ1v) is 9.63. The summed E-state index contributed by atoms with van der Waals surface area (Å²) in [5.74, 6) is -0.0374. The predicted octanol–water partition coefficient (Wildman–Crippen LogP) is 4.97. The van der Waals surface area contributed by atoms with Crippen molar-refractivity contribution < 1.29 is 9.37 Å². The first-order chi connectivity index (χ1) is 13.7. The van der Waals surface area contributed by atoms with E-state index in [0.29, 0.717) is 6.54 Å². The zero-order valence-corrected chi connectivity index (χ0v) is 16.1. The van der Waals surface area contributed by atoms with Gasteiger partial charge in [-0.3, -0.25) is 4.79 Å². The van der Waals surface area contributed by atoms with E-state index < -0.39 is 0 Å². The van der Waals surface area contributed by atoms with Gasteiger partial charge in [0.25, 0.3) is 0 Å². The van der Waals surface area contributed by atoms with Crippen LogP contribution in [0.25, 0.3) is 0 Å². The molecular weight excluding hydrogens is 342 g/mol. The van der Waals surface area contributed by atoms with Gasteiger partial charge in [0.05, 0.1) is 5.92 Å². The summed E-state index contributed by atoms with van der Waals surface area (Å²) in [5.41, 5.74) is 5.16. The second kappa shape index (κ2) is 7.77. The van der Waals surface area contributed by atoms with Crippen molar-refractivity contribution in [3.63, 3.8) is 0 Å². The number of rotatable bonds is 4. The SMILES string of the molecule is C=C1C(c2ccccc2)=[N+](C)C[C@H](C(=O)c2ccccc2)[C@@H]1c1ccccc1. The third kappa shape index (κ3) is 3.34. The highest BCUT2D eigenvalue weighted by Crippen LogP contribution is 2.38. The lowest BCUT2D eigenvalue weighted by Gasteiger charge is -2.31. The maximum absolute atomic E-state index is 13.4. The van der Waals surface area contributed by atoms with Crippen molar-refractivity contribution in [3.8, 4) is 0 Å². The van der Waals surface area contributed by atoms with E-state index in [1.807, 2.05) is 66.7 Å². The van der Waals surface area contributed by atoms with Gasteiger partial charge >= 0.3 is 0 Å². The van der Waals surface area contributed by atoms with Crippen LogP contribution in [0.5, 0.6) is 0 Å². The molecule has 0 bridgehead atoms. The number of carbonyl (C=O) groups excluding carboxylic acids is 1. The highest BCUT2D eigenvalue weighted by Gasteiger charge is 2.42. The Bertz CT molecular complexity index is 1020. The number of hydrogen-bond donors (Lipinski definition) is 0. The van der Waals surface area contributed by atoms with Gasteiger partial charge in [-0.15, -0.1) is 0 Å². The van der Waals surface area contributed by atoms with Gasteiger partial charge in [-0.05, 0) is 17.7 Å². The second-order valence-electron chi connectivity index (χ2n) is 7.35. The standard InChI is InChI=1S/C26H24NO/c1-19-24(20-12-6-3-7-13-20)23(26(28)22-16-10-5-11-17-22)18-27(2)25(19)21-14-8-4-9-15-21/h3-17,23-24H,1,18H2,2H3/q+1/t23-,24-/m0/s1. The Hall–Kier alpha value is -3.26. The molecule has 0 fully saturated rings. The molecule has 138 valence electrons. The van der Waals surface area contributed by atoms with Gasteiger partial charge in [-0.2, -0.15) is 0 Å². The van der Waals surface area contributed by atoms with Crippen LogP contribution < -0.4 is 0 Å². The summed E-state index contributed by atoms with van der Waals surface area (Å²) in [4.78, 5) is 13.4. The number of benzene rings is 3. The molecule has 0 N–H and O–H groups in total. The fraction of sp³-hybridized carbons (Fsp3) is 0.154. The molecule has 0 saturated carbocycles. The van der Waals surface area contributed by atoms with Crippen LogP contribution in [0, 0.1) is 5.92 Å². The van der Waals surface area contributed by atoms with E-state index in [4.69, 9.17) is 0 Å². The number of Topliss-reactive ketones (excluding diaryl/α,β-unsaturated/α-hetero) is 1. The number of nitrogens with zero attached hydrogens (tertiary/aromatic N) is 1. The summed E-state index contributed by atoms with van der Waals surface area (Å²) < 4.78 is 2.18. The fourth-order valence-corrected chi connectivity index (χ4v) is 4.27. The summed E-state index contributed by atoms with van der Waals surface area (Å²) >= 11 is 0. The molecule has 28 heavy (non-hydrogen) atoms. The van der Waals surface area contributed by atoms with E-state index in [0.717, 1.165) is 28.0 Å². The van der Waals surface area contributed by atoms with Crippen LogP contribution in [0.2, 0.25) is 0 Å². The van der Waals surface area contributed by atoms with Crippen molar-refractivity contribution in [2.75, 3.05) is 13.6 Å². The molecule has 0 unspecified atom stereocenters. The van der Waals surface area contributed by atoms with E-state index >= 15 is 0 Å². The smallest absolute Gasteiger partial charge is 0.210 e. The first kappa shape index (κ1) is 18.1. The van der Waals surface area contributed by atoms with Crippen molar-refractivity contribution in [1.82, 2.24) is 0 Å². The Morgan fingerprint density at radius 1 is 0.857 bits per heavy atom. The van der Waals surface area contributed by atoms with E-state index in [1.165, 1.54) is 0 Å². The van der Waals surface area contributed by atoms with Gasteiger partial charge in [0.15, 0.2) is 12.3 Å². The van der Waals surface area contributed by atoms with Gasteiger partial charge in [0, 0.05) is 22.6 Å². The molecule has 0 aromatic heterocycles. The molecule has 2 heteroatoms. The topological polar surface area (TPSA) is 20.1 Å². The molecule has 3 aromatic carbocycles. The molecule has 1 aliphatic rings. The number of hydrogen-bond acceptors (Lipinski definition) is 1. The molecule has 2 atom stereocenters. The first-order valence-electron chi connectivity index (χ1n) is 9.63. The van der Waals surface area contributed by atoms with Crippen LogP contribution in [0.4, 0.5) is 0 Å². The van der Waals surface area contributed by atoms with Crippen molar-refractivity contribution in [3.05, 3.63) is 120 Å². The average molecular weight is 366 g/mol. The monoisotopic (exact) mass is 366 g/mol. The Balaban J connectivity index is 1.83. The van der Waals surface area contributed by atoms with E-state index in [9.17, 15) is 4.79 Å². The molecule has 0 saturated heterocycles. The number of carbonyl (C=O) groups is 1. The molecule has 2 nitrogen and oxygen atoms in total. The van der Waals surface area contributed by atoms with Crippen LogP contribution in [0.15, 0.2) is 103 Å². The summed E-state index contributed by atoms with van der Waals surface area (Å²) in [6.07, 6.45) is 0. The van der Waals surface area contributed by atoms with Gasteiger partial charge in [-0.1, -0.05) is 85.4 Å². The molecule has 0 aliphatic carbocycles. The van der Waals surface area contributed by atoms with Gasteiger partial charge in [-0.25, -0.2) is 4.58 Å². The molecule has 4 rings (SSSR count).